The van der Waals surface area contributed by atoms with Crippen LogP contribution >= 0.6 is 23.2 Å². The fourth-order valence-electron chi connectivity index (χ4n) is 2.97. The Labute approximate surface area is 188 Å². The average molecular weight is 451 g/mol. The first kappa shape index (κ1) is 24.0. The van der Waals surface area contributed by atoms with Crippen LogP contribution in [0.1, 0.15) is 39.7 Å². The normalized spacial score (nSPS) is 12.2. The second-order valence-electron chi connectivity index (χ2n) is 8.03. The fourth-order valence-corrected chi connectivity index (χ4v) is 3.43. The molecule has 1 atom stereocenters. The van der Waals surface area contributed by atoms with Crippen LogP contribution in [0.25, 0.3) is 0 Å². The zero-order valence-electron chi connectivity index (χ0n) is 17.7. The van der Waals surface area contributed by atoms with Gasteiger partial charge in [0.2, 0.25) is 5.91 Å². The van der Waals surface area contributed by atoms with Gasteiger partial charge in [0.1, 0.15) is 11.8 Å². The largest absolute Gasteiger partial charge is 0.482 e. The second kappa shape index (κ2) is 10.7. The van der Waals surface area contributed by atoms with E-state index >= 15 is 0 Å². The zero-order chi connectivity index (χ0) is 22.3. The molecule has 7 heteroatoms. The van der Waals surface area contributed by atoms with E-state index in [0.29, 0.717) is 28.8 Å². The van der Waals surface area contributed by atoms with Crippen LogP contribution in [0, 0.1) is 0 Å². The van der Waals surface area contributed by atoms with Crippen molar-refractivity contribution in [2.45, 2.75) is 52.2 Å². The number of nitrogens with zero attached hydrogens (tertiary/aromatic N) is 1. The van der Waals surface area contributed by atoms with Crippen LogP contribution in [0.2, 0.25) is 10.0 Å². The van der Waals surface area contributed by atoms with Crippen molar-refractivity contribution < 1.29 is 14.3 Å². The Balaban J connectivity index is 2.22. The molecule has 2 aromatic rings. The number of ether oxygens (including phenoxy) is 1. The number of hydrogen-bond donors (Lipinski definition) is 1. The maximum atomic E-state index is 13.1. The topological polar surface area (TPSA) is 58.6 Å². The van der Waals surface area contributed by atoms with Crippen LogP contribution in [0.4, 0.5) is 0 Å². The molecule has 2 amide bonds. The van der Waals surface area contributed by atoms with Crippen LogP contribution in [0.15, 0.2) is 48.5 Å². The van der Waals surface area contributed by atoms with Gasteiger partial charge < -0.3 is 15.0 Å². The SMILES string of the molecule is CC[C@H](C(=O)NC(C)(C)C)N(Cc1ccccc1)C(=O)COc1ccc(Cl)cc1Cl. The third-order valence-electron chi connectivity index (χ3n) is 4.32. The summed E-state index contributed by atoms with van der Waals surface area (Å²) in [5, 5.41) is 3.77. The molecule has 0 fully saturated rings. The second-order valence-corrected chi connectivity index (χ2v) is 8.88. The van der Waals surface area contributed by atoms with Crippen LogP contribution in [-0.2, 0) is 16.1 Å². The molecule has 0 aromatic heterocycles. The molecule has 2 aromatic carbocycles. The van der Waals surface area contributed by atoms with Crippen molar-refractivity contribution in [1.82, 2.24) is 10.2 Å². The Kier molecular flexibility index (Phi) is 8.56. The van der Waals surface area contributed by atoms with Crippen LogP contribution in [-0.4, -0.2) is 34.9 Å². The standard InChI is InChI=1S/C23H28Cl2N2O3/c1-5-19(22(29)26-23(2,3)4)27(14-16-9-7-6-8-10-16)21(28)15-30-20-12-11-17(24)13-18(20)25/h6-13,19H,5,14-15H2,1-4H3,(H,26,29)/t19-/m1/s1. The molecule has 5 nitrogen and oxygen atoms in total. The fraction of sp³-hybridized carbons (Fsp3) is 0.391. The third-order valence-corrected chi connectivity index (χ3v) is 4.86. The van der Waals surface area contributed by atoms with E-state index in [0.717, 1.165) is 5.56 Å². The Bertz CT molecular complexity index is 866. The minimum absolute atomic E-state index is 0.196. The summed E-state index contributed by atoms with van der Waals surface area (Å²) in [5.41, 5.74) is 0.525. The van der Waals surface area contributed by atoms with Crippen LogP contribution in [0.3, 0.4) is 0 Å². The van der Waals surface area contributed by atoms with E-state index < -0.39 is 11.6 Å². The minimum atomic E-state index is -0.624. The number of rotatable bonds is 8. The molecule has 30 heavy (non-hydrogen) atoms. The molecule has 0 aliphatic rings. The smallest absolute Gasteiger partial charge is 0.261 e. The molecule has 162 valence electrons. The van der Waals surface area contributed by atoms with Gasteiger partial charge in [0, 0.05) is 17.1 Å². The van der Waals surface area contributed by atoms with Gasteiger partial charge in [-0.2, -0.15) is 0 Å². The summed E-state index contributed by atoms with van der Waals surface area (Å²) in [6.07, 6.45) is 0.474. The number of carbonyl (C=O) groups excluding carboxylic acids is 2. The Morgan fingerprint density at radius 1 is 1.10 bits per heavy atom. The Morgan fingerprint density at radius 3 is 2.33 bits per heavy atom. The first-order chi connectivity index (χ1) is 14.1. The third kappa shape index (κ3) is 7.22. The molecule has 0 saturated heterocycles. The highest BCUT2D eigenvalue weighted by Gasteiger charge is 2.30. The van der Waals surface area contributed by atoms with Gasteiger partial charge in [0.25, 0.3) is 5.91 Å². The van der Waals surface area contributed by atoms with E-state index in [2.05, 4.69) is 5.32 Å². The number of halogens is 2. The van der Waals surface area contributed by atoms with Gasteiger partial charge in [-0.25, -0.2) is 0 Å². The summed E-state index contributed by atoms with van der Waals surface area (Å²) in [5.74, 6) is -0.138. The van der Waals surface area contributed by atoms with Crippen molar-refractivity contribution in [2.24, 2.45) is 0 Å². The summed E-state index contributed by atoms with van der Waals surface area (Å²) < 4.78 is 5.63. The van der Waals surface area contributed by atoms with Crippen LogP contribution in [0.5, 0.6) is 5.75 Å². The molecule has 2 rings (SSSR count). The van der Waals surface area contributed by atoms with Crippen molar-refractivity contribution in [3.05, 3.63) is 64.1 Å². The van der Waals surface area contributed by atoms with Gasteiger partial charge in [0.05, 0.1) is 5.02 Å². The van der Waals surface area contributed by atoms with Gasteiger partial charge in [-0.3, -0.25) is 9.59 Å². The number of amides is 2. The summed E-state index contributed by atoms with van der Waals surface area (Å²) in [7, 11) is 0. The molecule has 0 bridgehead atoms. The van der Waals surface area contributed by atoms with E-state index in [1.165, 1.54) is 0 Å². The monoisotopic (exact) mass is 450 g/mol. The van der Waals surface area contributed by atoms with Gasteiger partial charge in [0.15, 0.2) is 6.61 Å². The molecule has 0 saturated carbocycles. The first-order valence-corrected chi connectivity index (χ1v) is 10.6. The number of carbonyl (C=O) groups is 2. The van der Waals surface area contributed by atoms with Crippen LogP contribution < -0.4 is 10.1 Å². The van der Waals surface area contributed by atoms with Gasteiger partial charge in [-0.05, 0) is 51.0 Å². The van der Waals surface area contributed by atoms with Crippen molar-refractivity contribution in [3.8, 4) is 5.75 Å². The maximum Gasteiger partial charge on any atom is 0.261 e. The van der Waals surface area contributed by atoms with E-state index in [9.17, 15) is 9.59 Å². The maximum absolute atomic E-state index is 13.1. The summed E-state index contributed by atoms with van der Waals surface area (Å²) >= 11 is 12.0. The lowest BCUT2D eigenvalue weighted by atomic mass is 10.1. The Hall–Kier alpha value is -2.24. The summed E-state index contributed by atoms with van der Waals surface area (Å²) in [6, 6.07) is 13.7. The Morgan fingerprint density at radius 2 is 1.77 bits per heavy atom. The molecular weight excluding hydrogens is 423 g/mol. The number of hydrogen-bond acceptors (Lipinski definition) is 3. The van der Waals surface area contributed by atoms with E-state index in [1.807, 2.05) is 58.0 Å². The number of nitrogens with one attached hydrogen (secondary N) is 1. The molecule has 0 unspecified atom stereocenters. The highest BCUT2D eigenvalue weighted by atomic mass is 35.5. The predicted molar refractivity (Wildman–Crippen MR) is 121 cm³/mol. The molecule has 1 N–H and O–H groups in total. The van der Waals surface area contributed by atoms with E-state index in [4.69, 9.17) is 27.9 Å². The lowest BCUT2D eigenvalue weighted by molar-refractivity contribution is -0.143. The highest BCUT2D eigenvalue weighted by molar-refractivity contribution is 6.35. The molecule has 0 spiro atoms. The van der Waals surface area contributed by atoms with E-state index in [1.54, 1.807) is 23.1 Å². The number of benzene rings is 2. The molecule has 0 aliphatic heterocycles. The molecular formula is C23H28Cl2N2O3. The average Bonchev–Trinajstić information content (AvgIpc) is 2.66. The van der Waals surface area contributed by atoms with Crippen molar-refractivity contribution in [2.75, 3.05) is 6.61 Å². The first-order valence-electron chi connectivity index (χ1n) is 9.84. The summed E-state index contributed by atoms with van der Waals surface area (Å²) in [6.45, 7) is 7.67. The lowest BCUT2D eigenvalue weighted by Gasteiger charge is -2.33. The van der Waals surface area contributed by atoms with E-state index in [-0.39, 0.29) is 18.4 Å². The van der Waals surface area contributed by atoms with Crippen molar-refractivity contribution in [1.29, 1.82) is 0 Å². The van der Waals surface area contributed by atoms with Crippen molar-refractivity contribution >= 4 is 35.0 Å². The molecule has 0 aliphatic carbocycles. The minimum Gasteiger partial charge on any atom is -0.482 e. The van der Waals surface area contributed by atoms with Gasteiger partial charge in [-0.1, -0.05) is 60.5 Å². The van der Waals surface area contributed by atoms with Gasteiger partial charge >= 0.3 is 0 Å². The zero-order valence-corrected chi connectivity index (χ0v) is 19.3. The highest BCUT2D eigenvalue weighted by Crippen LogP contribution is 2.27. The predicted octanol–water partition coefficient (Wildman–Crippen LogP) is 5.09. The van der Waals surface area contributed by atoms with Gasteiger partial charge in [-0.15, -0.1) is 0 Å². The molecule has 0 radical (unpaired) electrons. The lowest BCUT2D eigenvalue weighted by Crippen LogP contribution is -2.54. The molecule has 0 heterocycles. The summed E-state index contributed by atoms with van der Waals surface area (Å²) in [4.78, 5) is 27.6. The van der Waals surface area contributed by atoms with Crippen molar-refractivity contribution in [3.63, 3.8) is 0 Å². The quantitative estimate of drug-likeness (QED) is 0.608.